The largest absolute Gasteiger partial charge is 0.329 e. The molecule has 2 N–H and O–H groups in total. The Morgan fingerprint density at radius 1 is 1.27 bits per heavy atom. The van der Waals surface area contributed by atoms with E-state index in [4.69, 9.17) is 16.9 Å². The third kappa shape index (κ3) is 6.47. The molecule has 10 heteroatoms. The highest BCUT2D eigenvalue weighted by Crippen LogP contribution is 2.35. The Morgan fingerprint density at radius 3 is 2.70 bits per heavy atom. The van der Waals surface area contributed by atoms with Gasteiger partial charge in [0.15, 0.2) is 0 Å². The van der Waals surface area contributed by atoms with E-state index >= 15 is 0 Å². The average molecular weight is 507 g/mol. The van der Waals surface area contributed by atoms with Crippen LogP contribution in [-0.2, 0) is 4.79 Å². The SMILES string of the molecule is C=S1N[C@H](c2cc(-c3ccc(C#N)c(F)c3)cs2)CCN1C.O=CNc1ccc(F)c(Cl)c1. The molecular formula is C23H21ClF2N4OS2. The van der Waals surface area contributed by atoms with Crippen molar-refractivity contribution in [3.8, 4) is 17.2 Å². The number of hydrogen-bond acceptors (Lipinski definition) is 5. The zero-order chi connectivity index (χ0) is 24.0. The average Bonchev–Trinajstić information content (AvgIpc) is 3.29. The van der Waals surface area contributed by atoms with E-state index in [1.54, 1.807) is 17.4 Å². The maximum absolute atomic E-state index is 13.7. The topological polar surface area (TPSA) is 68.2 Å². The molecule has 1 aromatic heterocycles. The molecule has 1 aliphatic rings. The molecule has 2 atom stereocenters. The molecule has 1 unspecified atom stereocenters. The van der Waals surface area contributed by atoms with Crippen LogP contribution in [-0.4, -0.2) is 30.2 Å². The lowest BCUT2D eigenvalue weighted by Crippen LogP contribution is -2.32. The lowest BCUT2D eigenvalue weighted by atomic mass is 10.0. The summed E-state index contributed by atoms with van der Waals surface area (Å²) in [4.78, 5) is 11.2. The molecule has 33 heavy (non-hydrogen) atoms. The maximum atomic E-state index is 13.7. The number of halogens is 3. The van der Waals surface area contributed by atoms with Gasteiger partial charge < -0.3 is 5.32 Å². The van der Waals surface area contributed by atoms with Crippen molar-refractivity contribution in [1.29, 1.82) is 5.26 Å². The number of anilines is 1. The van der Waals surface area contributed by atoms with Gasteiger partial charge in [0.2, 0.25) is 6.41 Å². The van der Waals surface area contributed by atoms with Crippen LogP contribution in [0.3, 0.4) is 0 Å². The number of nitrogens with one attached hydrogen (secondary N) is 2. The van der Waals surface area contributed by atoms with E-state index in [1.807, 2.05) is 11.4 Å². The first kappa shape index (κ1) is 25.0. The quantitative estimate of drug-likeness (QED) is 0.338. The van der Waals surface area contributed by atoms with Crippen LogP contribution < -0.4 is 10.0 Å². The standard InChI is InChI=1S/C16H16FN3S2.C7H5ClFNO/c1-20-6-5-15(19-22(20)2)16-8-13(10-21-16)11-3-4-12(9-18)14(17)7-11;8-6-3-5(10-4-11)1-2-7(6)9/h3-4,7-8,10,15,19H,2,5-6H2,1H3;1-4H,(H,10,11)/t15-,22?;/m0./s1. The molecule has 0 bridgehead atoms. The molecule has 0 radical (unpaired) electrons. The van der Waals surface area contributed by atoms with Crippen molar-refractivity contribution in [2.24, 2.45) is 0 Å². The molecule has 0 saturated carbocycles. The minimum absolute atomic E-state index is 0.00292. The Hall–Kier alpha value is -2.61. The Balaban J connectivity index is 0.000000235. The number of carbonyl (C=O) groups excluding carboxylic acids is 1. The highest BCUT2D eigenvalue weighted by Gasteiger charge is 2.21. The Bertz CT molecular complexity index is 1210. The summed E-state index contributed by atoms with van der Waals surface area (Å²) in [5.41, 5.74) is 2.36. The van der Waals surface area contributed by atoms with Crippen molar-refractivity contribution in [2.75, 3.05) is 18.9 Å². The van der Waals surface area contributed by atoms with Gasteiger partial charge in [-0.1, -0.05) is 28.5 Å². The Labute approximate surface area is 202 Å². The molecule has 2 aromatic carbocycles. The third-order valence-corrected chi connectivity index (χ3v) is 7.75. The molecule has 3 aromatic rings. The molecular weight excluding hydrogens is 486 g/mol. The first-order chi connectivity index (χ1) is 15.8. The molecule has 1 saturated heterocycles. The molecule has 4 rings (SSSR count). The van der Waals surface area contributed by atoms with Crippen LogP contribution in [0.2, 0.25) is 5.02 Å². The molecule has 1 amide bonds. The van der Waals surface area contributed by atoms with Gasteiger partial charge >= 0.3 is 0 Å². The fraction of sp³-hybridized carbons (Fsp3) is 0.174. The van der Waals surface area contributed by atoms with Gasteiger partial charge in [0.25, 0.3) is 0 Å². The third-order valence-electron chi connectivity index (χ3n) is 4.92. The Morgan fingerprint density at radius 2 is 2.06 bits per heavy atom. The van der Waals surface area contributed by atoms with E-state index < -0.39 is 11.6 Å². The summed E-state index contributed by atoms with van der Waals surface area (Å²) < 4.78 is 32.0. The number of thiophene rings is 1. The van der Waals surface area contributed by atoms with E-state index in [1.165, 1.54) is 35.2 Å². The van der Waals surface area contributed by atoms with Crippen molar-refractivity contribution in [3.63, 3.8) is 0 Å². The van der Waals surface area contributed by atoms with E-state index in [2.05, 4.69) is 33.3 Å². The van der Waals surface area contributed by atoms with Gasteiger partial charge in [-0.3, -0.25) is 4.79 Å². The molecule has 0 aliphatic carbocycles. The van der Waals surface area contributed by atoms with Gasteiger partial charge in [-0.25, -0.2) is 17.8 Å². The second kappa shape index (κ2) is 11.5. The van der Waals surface area contributed by atoms with E-state index in [-0.39, 0.29) is 21.4 Å². The Kier molecular flexibility index (Phi) is 8.72. The lowest BCUT2D eigenvalue weighted by molar-refractivity contribution is -0.105. The van der Waals surface area contributed by atoms with Gasteiger partial charge in [-0.05, 0) is 72.2 Å². The van der Waals surface area contributed by atoms with Crippen LogP contribution in [0.15, 0.2) is 47.8 Å². The summed E-state index contributed by atoms with van der Waals surface area (Å²) in [6.45, 7) is 1.02. The van der Waals surface area contributed by atoms with Crippen molar-refractivity contribution in [2.45, 2.75) is 12.5 Å². The molecule has 0 spiro atoms. The number of benzene rings is 2. The van der Waals surface area contributed by atoms with E-state index in [9.17, 15) is 13.6 Å². The summed E-state index contributed by atoms with van der Waals surface area (Å²) in [5, 5.41) is 13.2. The van der Waals surface area contributed by atoms with Crippen molar-refractivity contribution >= 4 is 51.8 Å². The minimum atomic E-state index is -0.497. The van der Waals surface area contributed by atoms with Crippen molar-refractivity contribution in [3.05, 3.63) is 74.9 Å². The van der Waals surface area contributed by atoms with Crippen molar-refractivity contribution < 1.29 is 13.6 Å². The van der Waals surface area contributed by atoms with Crippen LogP contribution in [0.1, 0.15) is 22.9 Å². The molecule has 2 heterocycles. The summed E-state index contributed by atoms with van der Waals surface area (Å²) in [7, 11) is 1.90. The molecule has 1 fully saturated rings. The van der Waals surface area contributed by atoms with Crippen LogP contribution in [0, 0.1) is 23.0 Å². The zero-order valence-corrected chi connectivity index (χ0v) is 20.0. The van der Waals surface area contributed by atoms with E-state index in [0.29, 0.717) is 18.1 Å². The highest BCUT2D eigenvalue weighted by molar-refractivity contribution is 8.10. The highest BCUT2D eigenvalue weighted by atomic mass is 35.5. The first-order valence-corrected chi connectivity index (χ1v) is 12.4. The fourth-order valence-corrected chi connectivity index (χ4v) is 5.40. The van der Waals surface area contributed by atoms with Gasteiger partial charge in [-0.15, -0.1) is 11.3 Å². The molecule has 5 nitrogen and oxygen atoms in total. The van der Waals surface area contributed by atoms with Gasteiger partial charge in [0, 0.05) is 17.1 Å². The van der Waals surface area contributed by atoms with Crippen LogP contribution >= 0.6 is 33.8 Å². The predicted octanol–water partition coefficient (Wildman–Crippen LogP) is 5.97. The summed E-state index contributed by atoms with van der Waals surface area (Å²) in [6, 6.07) is 13.0. The zero-order valence-electron chi connectivity index (χ0n) is 17.6. The number of carbonyl (C=O) groups is 1. The number of rotatable bonds is 4. The van der Waals surface area contributed by atoms with E-state index in [0.717, 1.165) is 24.1 Å². The molecule has 172 valence electrons. The van der Waals surface area contributed by atoms with Crippen LogP contribution in [0.4, 0.5) is 14.5 Å². The normalized spacial score (nSPS) is 18.0. The number of amides is 1. The van der Waals surface area contributed by atoms with Gasteiger partial charge in [-0.2, -0.15) is 5.26 Å². The van der Waals surface area contributed by atoms with Crippen molar-refractivity contribution in [1.82, 2.24) is 9.03 Å². The number of nitriles is 1. The van der Waals surface area contributed by atoms with Crippen LogP contribution in [0.25, 0.3) is 11.1 Å². The number of nitrogens with zero attached hydrogens (tertiary/aromatic N) is 2. The fourth-order valence-electron chi connectivity index (χ4n) is 3.06. The lowest BCUT2D eigenvalue weighted by Gasteiger charge is -2.32. The minimum Gasteiger partial charge on any atom is -0.329 e. The number of hydrogen-bond donors (Lipinski definition) is 2. The second-order valence-electron chi connectivity index (χ2n) is 7.11. The van der Waals surface area contributed by atoms with Gasteiger partial charge in [0.05, 0.1) is 16.6 Å². The van der Waals surface area contributed by atoms with Gasteiger partial charge in [0.1, 0.15) is 17.7 Å². The summed E-state index contributed by atoms with van der Waals surface area (Å²) in [5.74, 6) is 3.15. The first-order valence-electron chi connectivity index (χ1n) is 9.77. The second-order valence-corrected chi connectivity index (χ2v) is 10.0. The monoisotopic (exact) mass is 506 g/mol. The van der Waals surface area contributed by atoms with Crippen LogP contribution in [0.5, 0.6) is 0 Å². The smallest absolute Gasteiger partial charge is 0.211 e. The molecule has 1 aliphatic heterocycles. The summed E-state index contributed by atoms with van der Waals surface area (Å²) in [6.07, 6.45) is 1.54. The predicted molar refractivity (Wildman–Crippen MR) is 133 cm³/mol. The maximum Gasteiger partial charge on any atom is 0.211 e. The summed E-state index contributed by atoms with van der Waals surface area (Å²) >= 11 is 7.10.